The Bertz CT molecular complexity index is 1030. The molecule has 2 rings (SSSR count). The van der Waals surface area contributed by atoms with Crippen molar-refractivity contribution >= 4 is 35.6 Å². The number of nitrogens with one attached hydrogen (secondary N) is 2. The monoisotopic (exact) mass is 532 g/mol. The number of nitrogens with zero attached hydrogens (tertiary/aromatic N) is 2. The summed E-state index contributed by atoms with van der Waals surface area (Å²) in [4.78, 5) is 67.3. The highest BCUT2D eigenvalue weighted by Gasteiger charge is 2.38. The first kappa shape index (κ1) is 30.0. The van der Waals surface area contributed by atoms with Gasteiger partial charge in [0, 0.05) is 19.5 Å². The number of guanidine groups is 1. The van der Waals surface area contributed by atoms with E-state index in [1.165, 1.54) is 4.90 Å². The van der Waals surface area contributed by atoms with Crippen LogP contribution in [0.25, 0.3) is 0 Å². The fourth-order valence-electron chi connectivity index (χ4n) is 4.17. The van der Waals surface area contributed by atoms with Gasteiger partial charge in [-0.05, 0) is 31.2 Å². The first-order valence-corrected chi connectivity index (χ1v) is 12.3. The number of carbonyl (C=O) groups excluding carboxylic acids is 4. The van der Waals surface area contributed by atoms with Gasteiger partial charge >= 0.3 is 5.97 Å². The highest BCUT2D eigenvalue weighted by molar-refractivity contribution is 5.95. The number of rotatable bonds is 14. The lowest BCUT2D eigenvalue weighted by Crippen LogP contribution is -2.57. The van der Waals surface area contributed by atoms with Crippen molar-refractivity contribution in [1.82, 2.24) is 15.5 Å². The molecule has 1 aromatic carbocycles. The number of benzene rings is 1. The van der Waals surface area contributed by atoms with Gasteiger partial charge in [0.05, 0.1) is 12.5 Å². The molecule has 0 spiro atoms. The van der Waals surface area contributed by atoms with Crippen molar-refractivity contribution in [2.45, 2.75) is 62.7 Å². The molecule has 38 heavy (non-hydrogen) atoms. The summed E-state index contributed by atoms with van der Waals surface area (Å²) in [6.07, 6.45) is 0.903. The van der Waals surface area contributed by atoms with Crippen LogP contribution in [0.4, 0.5) is 0 Å². The molecule has 1 saturated heterocycles. The van der Waals surface area contributed by atoms with E-state index in [-0.39, 0.29) is 31.9 Å². The van der Waals surface area contributed by atoms with E-state index in [0.717, 1.165) is 5.56 Å². The van der Waals surface area contributed by atoms with Crippen LogP contribution in [0, 0.1) is 0 Å². The van der Waals surface area contributed by atoms with Crippen LogP contribution in [0.5, 0.6) is 0 Å². The van der Waals surface area contributed by atoms with Gasteiger partial charge in [-0.1, -0.05) is 30.3 Å². The third-order valence-electron chi connectivity index (χ3n) is 6.05. The molecule has 0 radical (unpaired) electrons. The van der Waals surface area contributed by atoms with E-state index < -0.39 is 60.2 Å². The number of aliphatic carboxylic acids is 1. The summed E-state index contributed by atoms with van der Waals surface area (Å²) in [5.41, 5.74) is 22.3. The average Bonchev–Trinajstić information content (AvgIpc) is 3.35. The van der Waals surface area contributed by atoms with Crippen LogP contribution in [0.3, 0.4) is 0 Å². The number of hydrogen-bond donors (Lipinski definition) is 7. The predicted molar refractivity (Wildman–Crippen MR) is 138 cm³/mol. The molecule has 11 N–H and O–H groups in total. The Balaban J connectivity index is 2.25. The normalized spacial score (nSPS) is 17.1. The van der Waals surface area contributed by atoms with E-state index >= 15 is 0 Å². The molecule has 1 aromatic rings. The second-order valence-corrected chi connectivity index (χ2v) is 9.07. The smallest absolute Gasteiger partial charge is 0.326 e. The van der Waals surface area contributed by atoms with Gasteiger partial charge < -0.3 is 43.6 Å². The van der Waals surface area contributed by atoms with Crippen LogP contribution < -0.4 is 33.6 Å². The molecule has 1 heterocycles. The molecule has 1 fully saturated rings. The summed E-state index contributed by atoms with van der Waals surface area (Å²) in [5, 5.41) is 14.7. The number of carbonyl (C=O) groups is 5. The van der Waals surface area contributed by atoms with Gasteiger partial charge in [-0.2, -0.15) is 0 Å². The maximum Gasteiger partial charge on any atom is 0.326 e. The number of primary amides is 1. The molecule has 4 amide bonds. The zero-order valence-electron chi connectivity index (χ0n) is 21.0. The largest absolute Gasteiger partial charge is 0.480 e. The van der Waals surface area contributed by atoms with E-state index in [1.807, 2.05) is 0 Å². The van der Waals surface area contributed by atoms with Crippen LogP contribution in [-0.2, 0) is 30.4 Å². The summed E-state index contributed by atoms with van der Waals surface area (Å²) in [5.74, 6) is -4.03. The molecule has 14 heteroatoms. The number of carboxylic acids is 1. The fraction of sp³-hybridized carbons (Fsp3) is 0.500. The summed E-state index contributed by atoms with van der Waals surface area (Å²) < 4.78 is 0. The fourth-order valence-corrected chi connectivity index (χ4v) is 4.17. The average molecular weight is 533 g/mol. The summed E-state index contributed by atoms with van der Waals surface area (Å²) in [6, 6.07) is 4.42. The minimum Gasteiger partial charge on any atom is -0.480 e. The number of carboxylic acid groups (broad SMARTS) is 1. The number of likely N-dealkylation sites (tertiary alicyclic amines) is 1. The van der Waals surface area contributed by atoms with Crippen LogP contribution in [0.1, 0.15) is 37.7 Å². The standard InChI is InChI=1S/C24H36N8O6/c25-15(13-19(26)33)20(34)30-16(8-4-10-29-24(27)28)21(35)31-17(12-14-6-2-1-3-7-14)22(36)32-11-5-9-18(32)23(37)38/h1-3,6-7,15-18H,4-5,8-13,25H2,(H2,26,33)(H,30,34)(H,31,35)(H,37,38)(H4,27,28,29). The molecule has 0 bridgehead atoms. The Hall–Kier alpha value is -4.20. The lowest BCUT2D eigenvalue weighted by molar-refractivity contribution is -0.149. The van der Waals surface area contributed by atoms with Gasteiger partial charge in [0.2, 0.25) is 23.6 Å². The molecule has 1 aliphatic rings. The quantitative estimate of drug-likeness (QED) is 0.0760. The Labute approximate surface area is 220 Å². The third-order valence-corrected chi connectivity index (χ3v) is 6.05. The zero-order chi connectivity index (χ0) is 28.2. The molecule has 4 unspecified atom stereocenters. The highest BCUT2D eigenvalue weighted by atomic mass is 16.4. The number of aliphatic imine (C=N–C) groups is 1. The summed E-state index contributed by atoms with van der Waals surface area (Å²) in [7, 11) is 0. The van der Waals surface area contributed by atoms with Gasteiger partial charge in [-0.3, -0.25) is 24.2 Å². The molecular weight excluding hydrogens is 496 g/mol. The molecule has 1 aliphatic heterocycles. The third kappa shape index (κ3) is 9.35. The van der Waals surface area contributed by atoms with Gasteiger partial charge in [-0.15, -0.1) is 0 Å². The minimum absolute atomic E-state index is 0.0886. The van der Waals surface area contributed by atoms with Crippen molar-refractivity contribution in [2.75, 3.05) is 13.1 Å². The van der Waals surface area contributed by atoms with Gasteiger partial charge in [0.15, 0.2) is 5.96 Å². The minimum atomic E-state index is -1.27. The van der Waals surface area contributed by atoms with Crippen molar-refractivity contribution in [3.05, 3.63) is 35.9 Å². The molecule has 0 saturated carbocycles. The van der Waals surface area contributed by atoms with Gasteiger partial charge in [0.1, 0.15) is 18.1 Å². The van der Waals surface area contributed by atoms with E-state index in [1.54, 1.807) is 30.3 Å². The number of hydrogen-bond acceptors (Lipinski definition) is 7. The Kier molecular flexibility index (Phi) is 11.5. The number of nitrogens with two attached hydrogens (primary N) is 4. The van der Waals surface area contributed by atoms with Crippen molar-refractivity contribution in [2.24, 2.45) is 27.9 Å². The molecule has 208 valence electrons. The summed E-state index contributed by atoms with van der Waals surface area (Å²) >= 11 is 0. The lowest BCUT2D eigenvalue weighted by Gasteiger charge is -2.29. The second kappa shape index (κ2) is 14.5. The first-order chi connectivity index (χ1) is 18.0. The van der Waals surface area contributed by atoms with E-state index in [9.17, 15) is 29.1 Å². The molecule has 14 nitrogen and oxygen atoms in total. The SMILES string of the molecule is NC(=O)CC(N)C(=O)NC(CCCN=C(N)N)C(=O)NC(Cc1ccccc1)C(=O)N1CCCC1C(=O)O. The van der Waals surface area contributed by atoms with Crippen molar-refractivity contribution in [3.63, 3.8) is 0 Å². The van der Waals surface area contributed by atoms with Gasteiger partial charge in [-0.25, -0.2) is 4.79 Å². The van der Waals surface area contributed by atoms with Crippen molar-refractivity contribution in [3.8, 4) is 0 Å². The van der Waals surface area contributed by atoms with Crippen LogP contribution in [0.15, 0.2) is 35.3 Å². The van der Waals surface area contributed by atoms with E-state index in [2.05, 4.69) is 15.6 Å². The molecule has 4 atom stereocenters. The summed E-state index contributed by atoms with van der Waals surface area (Å²) in [6.45, 7) is 0.424. The number of amides is 4. The first-order valence-electron chi connectivity index (χ1n) is 12.3. The maximum atomic E-state index is 13.5. The van der Waals surface area contributed by atoms with Gasteiger partial charge in [0.25, 0.3) is 0 Å². The topological polar surface area (TPSA) is 249 Å². The van der Waals surface area contributed by atoms with E-state index in [0.29, 0.717) is 19.3 Å². The Morgan fingerprint density at radius 3 is 2.29 bits per heavy atom. The highest BCUT2D eigenvalue weighted by Crippen LogP contribution is 2.20. The van der Waals surface area contributed by atoms with Crippen molar-refractivity contribution < 1.29 is 29.1 Å². The lowest BCUT2D eigenvalue weighted by atomic mass is 10.0. The maximum absolute atomic E-state index is 13.5. The second-order valence-electron chi connectivity index (χ2n) is 9.07. The Morgan fingerprint density at radius 2 is 1.68 bits per heavy atom. The molecule has 0 aliphatic carbocycles. The van der Waals surface area contributed by atoms with Crippen LogP contribution in [0.2, 0.25) is 0 Å². The van der Waals surface area contributed by atoms with Crippen molar-refractivity contribution in [1.29, 1.82) is 0 Å². The molecular formula is C24H36N8O6. The molecule has 0 aromatic heterocycles. The van der Waals surface area contributed by atoms with E-state index in [4.69, 9.17) is 22.9 Å². The van der Waals surface area contributed by atoms with Crippen LogP contribution in [-0.4, -0.2) is 82.8 Å². The predicted octanol–water partition coefficient (Wildman–Crippen LogP) is -2.47. The Morgan fingerprint density at radius 1 is 1.03 bits per heavy atom. The zero-order valence-corrected chi connectivity index (χ0v) is 21.0. The van der Waals surface area contributed by atoms with Crippen LogP contribution >= 0.6 is 0 Å².